The molecule has 2 amide bonds. The number of hydrogen-bond donors (Lipinski definition) is 4. The SMILES string of the molecule is Cc1cc(COc2ccc(C(=O)NCCC[C@@H]3CCNC[C@H]3C(=O)NO)cc2)c2ccccc2n1. The van der Waals surface area contributed by atoms with Gasteiger partial charge in [0.05, 0.1) is 11.4 Å². The number of aromatic nitrogens is 1. The van der Waals surface area contributed by atoms with Crippen LogP contribution in [0.2, 0.25) is 0 Å². The number of rotatable bonds is 9. The van der Waals surface area contributed by atoms with Gasteiger partial charge >= 0.3 is 0 Å². The standard InChI is InChI=1S/C27H32N4O4/c1-18-15-21(23-6-2-3-7-25(23)30-18)17-35-22-10-8-20(9-11-22)26(32)29-13-4-5-19-12-14-28-16-24(19)27(33)31-34/h2-3,6-11,15,19,24,28,34H,4-5,12-14,16-17H2,1H3,(H,29,32)(H,31,33)/t19-,24-/m1/s1. The highest BCUT2D eigenvalue weighted by Gasteiger charge is 2.30. The summed E-state index contributed by atoms with van der Waals surface area (Å²) in [7, 11) is 0. The molecular weight excluding hydrogens is 444 g/mol. The van der Waals surface area contributed by atoms with Crippen molar-refractivity contribution in [1.82, 2.24) is 21.1 Å². The van der Waals surface area contributed by atoms with Crippen molar-refractivity contribution in [3.63, 3.8) is 0 Å². The number of hydroxylamine groups is 1. The molecule has 184 valence electrons. The molecule has 8 heteroatoms. The number of aryl methyl sites for hydroxylation is 1. The third-order valence-electron chi connectivity index (χ3n) is 6.55. The van der Waals surface area contributed by atoms with Gasteiger partial charge < -0.3 is 15.4 Å². The second-order valence-corrected chi connectivity index (χ2v) is 8.99. The van der Waals surface area contributed by atoms with Crippen LogP contribution in [0.3, 0.4) is 0 Å². The van der Waals surface area contributed by atoms with Gasteiger partial charge in [0.2, 0.25) is 5.91 Å². The molecular formula is C27H32N4O4. The Morgan fingerprint density at radius 1 is 1.17 bits per heavy atom. The molecule has 0 spiro atoms. The molecule has 3 aromatic rings. The van der Waals surface area contributed by atoms with E-state index in [9.17, 15) is 9.59 Å². The van der Waals surface area contributed by atoms with Gasteiger partial charge in [-0.15, -0.1) is 0 Å². The quantitative estimate of drug-likeness (QED) is 0.214. The highest BCUT2D eigenvalue weighted by Crippen LogP contribution is 2.24. The topological polar surface area (TPSA) is 113 Å². The number of amides is 2. The van der Waals surface area contributed by atoms with Crippen LogP contribution in [0.25, 0.3) is 10.9 Å². The number of carbonyl (C=O) groups is 2. The molecule has 1 aliphatic heterocycles. The van der Waals surface area contributed by atoms with Crippen molar-refractivity contribution >= 4 is 22.7 Å². The lowest BCUT2D eigenvalue weighted by Crippen LogP contribution is -2.45. The minimum atomic E-state index is -0.346. The monoisotopic (exact) mass is 476 g/mol. The summed E-state index contributed by atoms with van der Waals surface area (Å²) in [5.41, 5.74) is 5.30. The summed E-state index contributed by atoms with van der Waals surface area (Å²) in [4.78, 5) is 28.9. The first-order chi connectivity index (χ1) is 17.0. The van der Waals surface area contributed by atoms with E-state index in [2.05, 4.69) is 15.6 Å². The summed E-state index contributed by atoms with van der Waals surface area (Å²) < 4.78 is 5.98. The summed E-state index contributed by atoms with van der Waals surface area (Å²) in [6.45, 7) is 4.34. The van der Waals surface area contributed by atoms with Gasteiger partial charge in [-0.25, -0.2) is 5.48 Å². The van der Waals surface area contributed by atoms with E-state index in [0.717, 1.165) is 48.0 Å². The van der Waals surface area contributed by atoms with Crippen LogP contribution >= 0.6 is 0 Å². The van der Waals surface area contributed by atoms with Crippen LogP contribution in [-0.2, 0) is 11.4 Å². The third-order valence-corrected chi connectivity index (χ3v) is 6.55. The van der Waals surface area contributed by atoms with Gasteiger partial charge in [-0.1, -0.05) is 18.2 Å². The normalized spacial score (nSPS) is 17.7. The van der Waals surface area contributed by atoms with E-state index in [-0.39, 0.29) is 23.7 Å². The minimum Gasteiger partial charge on any atom is -0.489 e. The highest BCUT2D eigenvalue weighted by molar-refractivity contribution is 5.94. The molecule has 1 aromatic heterocycles. The van der Waals surface area contributed by atoms with Crippen LogP contribution in [0.1, 0.15) is 40.9 Å². The molecule has 2 aromatic carbocycles. The van der Waals surface area contributed by atoms with Gasteiger partial charge in [0.25, 0.3) is 5.91 Å². The first-order valence-electron chi connectivity index (χ1n) is 12.1. The number of para-hydroxylation sites is 1. The molecule has 4 rings (SSSR count). The predicted molar refractivity (Wildman–Crippen MR) is 133 cm³/mol. The zero-order valence-corrected chi connectivity index (χ0v) is 19.9. The average Bonchev–Trinajstić information content (AvgIpc) is 2.89. The Morgan fingerprint density at radius 3 is 2.77 bits per heavy atom. The fraction of sp³-hybridized carbons (Fsp3) is 0.370. The average molecular weight is 477 g/mol. The van der Waals surface area contributed by atoms with E-state index in [4.69, 9.17) is 9.94 Å². The van der Waals surface area contributed by atoms with Crippen LogP contribution in [0.4, 0.5) is 0 Å². The Labute approximate surface area is 205 Å². The number of piperidine rings is 1. The number of nitrogens with one attached hydrogen (secondary N) is 3. The Balaban J connectivity index is 1.25. The maximum Gasteiger partial charge on any atom is 0.251 e. The number of hydrogen-bond acceptors (Lipinski definition) is 6. The zero-order valence-electron chi connectivity index (χ0n) is 19.9. The van der Waals surface area contributed by atoms with Gasteiger partial charge in [-0.05, 0) is 75.0 Å². The fourth-order valence-electron chi connectivity index (χ4n) is 4.69. The van der Waals surface area contributed by atoms with Crippen molar-refractivity contribution in [3.8, 4) is 5.75 Å². The Hall–Kier alpha value is -3.49. The smallest absolute Gasteiger partial charge is 0.251 e. The maximum atomic E-state index is 12.5. The van der Waals surface area contributed by atoms with Crippen molar-refractivity contribution in [2.24, 2.45) is 11.8 Å². The number of pyridine rings is 1. The maximum absolute atomic E-state index is 12.5. The van der Waals surface area contributed by atoms with Gasteiger partial charge in [0, 0.05) is 35.3 Å². The van der Waals surface area contributed by atoms with Crippen molar-refractivity contribution < 1.29 is 19.5 Å². The number of nitrogens with zero attached hydrogens (tertiary/aromatic N) is 1. The lowest BCUT2D eigenvalue weighted by Gasteiger charge is -2.30. The summed E-state index contributed by atoms with van der Waals surface area (Å²) in [6.07, 6.45) is 2.46. The van der Waals surface area contributed by atoms with Crippen LogP contribution in [0.15, 0.2) is 54.6 Å². The number of fused-ring (bicyclic) bond motifs is 1. The number of ether oxygens (including phenoxy) is 1. The Morgan fingerprint density at radius 2 is 1.97 bits per heavy atom. The molecule has 0 saturated carbocycles. The molecule has 1 aliphatic rings. The van der Waals surface area contributed by atoms with Crippen LogP contribution in [0.5, 0.6) is 5.75 Å². The molecule has 0 unspecified atom stereocenters. The fourth-order valence-corrected chi connectivity index (χ4v) is 4.69. The largest absolute Gasteiger partial charge is 0.489 e. The van der Waals surface area contributed by atoms with Gasteiger partial charge in [-0.2, -0.15) is 0 Å². The number of carbonyl (C=O) groups excluding carboxylic acids is 2. The molecule has 2 atom stereocenters. The van der Waals surface area contributed by atoms with Crippen LogP contribution in [0, 0.1) is 18.8 Å². The van der Waals surface area contributed by atoms with Gasteiger partial charge in [0.1, 0.15) is 12.4 Å². The molecule has 1 saturated heterocycles. The lowest BCUT2D eigenvalue weighted by atomic mass is 9.82. The van der Waals surface area contributed by atoms with Crippen LogP contribution in [-0.4, -0.2) is 41.6 Å². The predicted octanol–water partition coefficient (Wildman–Crippen LogP) is 3.36. The molecule has 35 heavy (non-hydrogen) atoms. The second kappa shape index (κ2) is 11.8. The third kappa shape index (κ3) is 6.35. The Bertz CT molecular complexity index is 1170. The van der Waals surface area contributed by atoms with E-state index in [1.165, 1.54) is 0 Å². The van der Waals surface area contributed by atoms with E-state index in [0.29, 0.717) is 31.0 Å². The summed E-state index contributed by atoms with van der Waals surface area (Å²) in [5.74, 6) is 0.159. The molecule has 0 bridgehead atoms. The second-order valence-electron chi connectivity index (χ2n) is 8.99. The molecule has 0 aliphatic carbocycles. The first-order valence-corrected chi connectivity index (χ1v) is 12.1. The summed E-state index contributed by atoms with van der Waals surface area (Å²) in [6, 6.07) is 17.2. The van der Waals surface area contributed by atoms with E-state index in [1.54, 1.807) is 29.7 Å². The van der Waals surface area contributed by atoms with Crippen molar-refractivity contribution in [1.29, 1.82) is 0 Å². The van der Waals surface area contributed by atoms with Crippen molar-refractivity contribution in [3.05, 3.63) is 71.4 Å². The highest BCUT2D eigenvalue weighted by atomic mass is 16.5. The van der Waals surface area contributed by atoms with E-state index < -0.39 is 0 Å². The van der Waals surface area contributed by atoms with E-state index >= 15 is 0 Å². The molecule has 4 N–H and O–H groups in total. The van der Waals surface area contributed by atoms with Gasteiger partial charge in [0.15, 0.2) is 0 Å². The van der Waals surface area contributed by atoms with Crippen molar-refractivity contribution in [2.75, 3.05) is 19.6 Å². The summed E-state index contributed by atoms with van der Waals surface area (Å²) >= 11 is 0. The van der Waals surface area contributed by atoms with E-state index in [1.807, 2.05) is 37.3 Å². The molecule has 2 heterocycles. The molecule has 1 fully saturated rings. The lowest BCUT2D eigenvalue weighted by molar-refractivity contribution is -0.135. The zero-order chi connectivity index (χ0) is 24.6. The van der Waals surface area contributed by atoms with Crippen LogP contribution < -0.4 is 20.9 Å². The Kier molecular flexibility index (Phi) is 8.28. The number of benzene rings is 2. The summed E-state index contributed by atoms with van der Waals surface area (Å²) in [5, 5.41) is 16.2. The van der Waals surface area contributed by atoms with Crippen molar-refractivity contribution in [2.45, 2.75) is 32.8 Å². The minimum absolute atomic E-state index is 0.137. The molecule has 0 radical (unpaired) electrons. The first kappa shape index (κ1) is 24.6. The van der Waals surface area contributed by atoms with Gasteiger partial charge in [-0.3, -0.25) is 19.8 Å². The molecule has 8 nitrogen and oxygen atoms in total.